The van der Waals surface area contributed by atoms with Gasteiger partial charge in [0, 0.05) is 25.8 Å². The van der Waals surface area contributed by atoms with Crippen molar-refractivity contribution in [3.8, 4) is 0 Å². The Morgan fingerprint density at radius 3 is 2.89 bits per heavy atom. The minimum atomic E-state index is -0.169. The molecule has 0 aliphatic carbocycles. The largest absolute Gasteiger partial charge is 0.378 e. The van der Waals surface area contributed by atoms with E-state index >= 15 is 0 Å². The first-order valence-corrected chi connectivity index (χ1v) is 10.4. The fraction of sp³-hybridized carbons (Fsp3) is 0.647. The van der Waals surface area contributed by atoms with Gasteiger partial charge in [0.15, 0.2) is 11.0 Å². The smallest absolute Gasteiger partial charge is 0.236 e. The number of aryl methyl sites for hydroxylation is 1. The molecular weight excluding hydrogens is 384 g/mol. The number of hydrogen-bond acceptors (Lipinski definition) is 9. The van der Waals surface area contributed by atoms with Crippen molar-refractivity contribution in [2.24, 2.45) is 0 Å². The zero-order chi connectivity index (χ0) is 19.3. The molecule has 2 aromatic heterocycles. The highest BCUT2D eigenvalue weighted by Crippen LogP contribution is 2.26. The Balaban J connectivity index is 1.44. The molecule has 11 heteroatoms. The number of carbonyl (C=O) groups excluding carboxylic acids is 1. The second-order valence-corrected chi connectivity index (χ2v) is 7.73. The number of carbonyl (C=O) groups is 1. The Kier molecular flexibility index (Phi) is 6.13. The third-order valence-corrected chi connectivity index (χ3v) is 5.60. The van der Waals surface area contributed by atoms with Gasteiger partial charge in [-0.2, -0.15) is 0 Å². The van der Waals surface area contributed by atoms with Gasteiger partial charge in [-0.3, -0.25) is 9.36 Å². The molecule has 0 radical (unpaired) electrons. The lowest BCUT2D eigenvalue weighted by molar-refractivity contribution is -0.113. The third kappa shape index (κ3) is 4.65. The molecule has 2 aliphatic rings. The van der Waals surface area contributed by atoms with Crippen molar-refractivity contribution in [2.45, 2.75) is 37.6 Å². The number of morpholine rings is 1. The Labute approximate surface area is 166 Å². The Morgan fingerprint density at radius 2 is 2.18 bits per heavy atom. The number of hydrogen-bond donors (Lipinski definition) is 1. The number of aromatic nitrogens is 4. The van der Waals surface area contributed by atoms with Gasteiger partial charge in [-0.05, 0) is 19.8 Å². The third-order valence-electron chi connectivity index (χ3n) is 4.63. The van der Waals surface area contributed by atoms with E-state index in [1.165, 1.54) is 11.8 Å². The van der Waals surface area contributed by atoms with Crippen LogP contribution in [-0.4, -0.2) is 70.6 Å². The van der Waals surface area contributed by atoms with Crippen LogP contribution in [-0.2, 0) is 20.8 Å². The van der Waals surface area contributed by atoms with Crippen LogP contribution in [0.4, 0.5) is 11.8 Å². The highest BCUT2D eigenvalue weighted by Gasteiger charge is 2.25. The van der Waals surface area contributed by atoms with Crippen molar-refractivity contribution < 1.29 is 18.8 Å². The highest BCUT2D eigenvalue weighted by molar-refractivity contribution is 7.99. The predicted molar refractivity (Wildman–Crippen MR) is 103 cm³/mol. The highest BCUT2D eigenvalue weighted by atomic mass is 32.2. The maximum Gasteiger partial charge on any atom is 0.236 e. The minimum absolute atomic E-state index is 0.155. The first-order valence-electron chi connectivity index (χ1n) is 9.42. The molecule has 4 heterocycles. The summed E-state index contributed by atoms with van der Waals surface area (Å²) in [5, 5.41) is 15.9. The Morgan fingerprint density at radius 1 is 1.32 bits per heavy atom. The Bertz CT molecular complexity index is 797. The molecule has 1 N–H and O–H groups in total. The second kappa shape index (κ2) is 8.93. The lowest BCUT2D eigenvalue weighted by atomic mass is 10.2. The molecule has 0 unspecified atom stereocenters. The van der Waals surface area contributed by atoms with Crippen molar-refractivity contribution in [2.75, 3.05) is 48.9 Å². The zero-order valence-corrected chi connectivity index (χ0v) is 16.6. The van der Waals surface area contributed by atoms with Crippen LogP contribution in [0, 0.1) is 6.92 Å². The van der Waals surface area contributed by atoms with Crippen LogP contribution in [0.1, 0.15) is 18.6 Å². The number of thioether (sulfide) groups is 1. The summed E-state index contributed by atoms with van der Waals surface area (Å²) in [6.07, 6.45) is 2.25. The van der Waals surface area contributed by atoms with E-state index in [0.29, 0.717) is 36.5 Å². The van der Waals surface area contributed by atoms with Crippen molar-refractivity contribution in [1.82, 2.24) is 19.9 Å². The summed E-state index contributed by atoms with van der Waals surface area (Å²) in [5.41, 5.74) is 0. The van der Waals surface area contributed by atoms with Crippen LogP contribution >= 0.6 is 11.8 Å². The van der Waals surface area contributed by atoms with Gasteiger partial charge < -0.3 is 24.2 Å². The molecule has 0 bridgehead atoms. The molecule has 0 spiro atoms. The fourth-order valence-corrected chi connectivity index (χ4v) is 4.01. The topological polar surface area (TPSA) is 108 Å². The molecular formula is C17H24N6O4S. The number of nitrogens with zero attached hydrogens (tertiary/aromatic N) is 5. The quantitative estimate of drug-likeness (QED) is 0.679. The van der Waals surface area contributed by atoms with E-state index in [-0.39, 0.29) is 17.8 Å². The van der Waals surface area contributed by atoms with Crippen LogP contribution in [0.2, 0.25) is 0 Å². The van der Waals surface area contributed by atoms with E-state index in [0.717, 1.165) is 38.5 Å². The zero-order valence-electron chi connectivity index (χ0n) is 15.8. The van der Waals surface area contributed by atoms with Crippen molar-refractivity contribution in [1.29, 1.82) is 0 Å². The summed E-state index contributed by atoms with van der Waals surface area (Å²) in [7, 11) is 0. The van der Waals surface area contributed by atoms with Gasteiger partial charge in [-0.1, -0.05) is 16.9 Å². The van der Waals surface area contributed by atoms with E-state index in [1.54, 1.807) is 13.0 Å². The summed E-state index contributed by atoms with van der Waals surface area (Å²) in [5.74, 6) is 1.91. The standard InChI is InChI=1S/C17H24N6O4S/c1-12-9-14(21-27-12)18-15(24)11-28-17-20-19-16(22-4-7-25-8-5-22)23(17)10-13-3-2-6-26-13/h9,13H,2-8,10-11H2,1H3,(H,18,21,24)/t13-/m1/s1. The van der Waals surface area contributed by atoms with E-state index in [2.05, 4.69) is 30.1 Å². The Hall–Kier alpha value is -2.11. The molecule has 2 fully saturated rings. The van der Waals surface area contributed by atoms with E-state index in [9.17, 15) is 4.79 Å². The molecule has 2 aromatic rings. The van der Waals surface area contributed by atoms with Gasteiger partial charge in [0.05, 0.1) is 31.6 Å². The first-order chi connectivity index (χ1) is 13.7. The monoisotopic (exact) mass is 408 g/mol. The predicted octanol–water partition coefficient (Wildman–Crippen LogP) is 1.32. The molecule has 0 aromatic carbocycles. The van der Waals surface area contributed by atoms with Gasteiger partial charge >= 0.3 is 0 Å². The molecule has 1 amide bonds. The summed E-state index contributed by atoms with van der Waals surface area (Å²) in [6, 6.07) is 1.68. The summed E-state index contributed by atoms with van der Waals surface area (Å²) in [4.78, 5) is 14.4. The number of anilines is 2. The maximum absolute atomic E-state index is 12.2. The summed E-state index contributed by atoms with van der Waals surface area (Å²) < 4.78 is 18.3. The molecule has 4 rings (SSSR count). The van der Waals surface area contributed by atoms with Crippen molar-refractivity contribution in [3.63, 3.8) is 0 Å². The normalized spacial score (nSPS) is 19.9. The fourth-order valence-electron chi connectivity index (χ4n) is 3.27. The number of ether oxygens (including phenoxy) is 2. The molecule has 28 heavy (non-hydrogen) atoms. The van der Waals surface area contributed by atoms with E-state index < -0.39 is 0 Å². The summed E-state index contributed by atoms with van der Waals surface area (Å²) >= 11 is 1.35. The van der Waals surface area contributed by atoms with Crippen LogP contribution in [0.25, 0.3) is 0 Å². The average molecular weight is 408 g/mol. The van der Waals surface area contributed by atoms with Gasteiger partial charge in [0.1, 0.15) is 5.76 Å². The van der Waals surface area contributed by atoms with Gasteiger partial charge in [-0.25, -0.2) is 0 Å². The van der Waals surface area contributed by atoms with Crippen molar-refractivity contribution >= 4 is 29.4 Å². The molecule has 2 saturated heterocycles. The van der Waals surface area contributed by atoms with Crippen LogP contribution < -0.4 is 10.2 Å². The SMILES string of the molecule is Cc1cc(NC(=O)CSc2nnc(N3CCOCC3)n2C[C@H]2CCCO2)no1. The lowest BCUT2D eigenvalue weighted by Gasteiger charge is -2.28. The second-order valence-electron chi connectivity index (χ2n) is 6.79. The molecule has 0 saturated carbocycles. The lowest BCUT2D eigenvalue weighted by Crippen LogP contribution is -2.38. The summed E-state index contributed by atoms with van der Waals surface area (Å²) in [6.45, 7) is 6.16. The molecule has 10 nitrogen and oxygen atoms in total. The number of rotatable bonds is 7. The van der Waals surface area contributed by atoms with Gasteiger partial charge in [-0.15, -0.1) is 10.2 Å². The molecule has 1 atom stereocenters. The van der Waals surface area contributed by atoms with Gasteiger partial charge in [0.25, 0.3) is 0 Å². The minimum Gasteiger partial charge on any atom is -0.378 e. The number of nitrogens with one attached hydrogen (secondary N) is 1. The van der Waals surface area contributed by atoms with Crippen LogP contribution in [0.15, 0.2) is 15.7 Å². The van der Waals surface area contributed by atoms with E-state index in [1.807, 2.05) is 0 Å². The first kappa shape index (κ1) is 19.2. The van der Waals surface area contributed by atoms with Crippen LogP contribution in [0.3, 0.4) is 0 Å². The molecule has 2 aliphatic heterocycles. The number of amides is 1. The van der Waals surface area contributed by atoms with E-state index in [4.69, 9.17) is 14.0 Å². The average Bonchev–Trinajstić information content (AvgIpc) is 3.44. The van der Waals surface area contributed by atoms with Crippen LogP contribution in [0.5, 0.6) is 0 Å². The van der Waals surface area contributed by atoms with Crippen molar-refractivity contribution in [3.05, 3.63) is 11.8 Å². The molecule has 152 valence electrons. The van der Waals surface area contributed by atoms with Gasteiger partial charge in [0.2, 0.25) is 11.9 Å². The maximum atomic E-state index is 12.2.